The molecular weight excluding hydrogens is 158 g/mol. The lowest BCUT2D eigenvalue weighted by molar-refractivity contribution is 0.169. The van der Waals surface area contributed by atoms with Gasteiger partial charge in [0.15, 0.2) is 0 Å². The van der Waals surface area contributed by atoms with E-state index >= 15 is 0 Å². The molecule has 0 aromatic rings. The second-order valence-corrected chi connectivity index (χ2v) is 2.32. The molecule has 0 rings (SSSR count). The van der Waals surface area contributed by atoms with Crippen LogP contribution < -0.4 is 5.73 Å². The molecule has 0 bridgehead atoms. The lowest BCUT2D eigenvalue weighted by Crippen LogP contribution is -2.12. The van der Waals surface area contributed by atoms with Crippen LogP contribution in [0.5, 0.6) is 0 Å². The van der Waals surface area contributed by atoms with Crippen LogP contribution in [-0.4, -0.2) is 24.4 Å². The first kappa shape index (κ1) is 11.0. The highest BCUT2D eigenvalue weighted by atomic mass is 16.5. The van der Waals surface area contributed by atoms with E-state index in [1.54, 1.807) is 6.08 Å². The molecule has 0 saturated heterocycles. The third-order valence-corrected chi connectivity index (χ3v) is 1.27. The summed E-state index contributed by atoms with van der Waals surface area (Å²) in [6.07, 6.45) is 5.53. The normalized spacial score (nSPS) is 10.4. The lowest BCUT2D eigenvalue weighted by Gasteiger charge is -1.94. The molecule has 0 saturated carbocycles. The number of hydrogen-bond donors (Lipinski definition) is 2. The van der Waals surface area contributed by atoms with Gasteiger partial charge >= 0.3 is 6.09 Å². The van der Waals surface area contributed by atoms with Crippen LogP contribution in [0.4, 0.5) is 4.79 Å². The lowest BCUT2D eigenvalue weighted by atomic mass is 10.2. The van der Waals surface area contributed by atoms with E-state index in [1.165, 1.54) is 0 Å². The van der Waals surface area contributed by atoms with Crippen molar-refractivity contribution in [3.8, 4) is 0 Å². The van der Waals surface area contributed by atoms with Crippen LogP contribution >= 0.6 is 0 Å². The maximum atomic E-state index is 10.1. The van der Waals surface area contributed by atoms with Gasteiger partial charge < -0.3 is 15.6 Å². The van der Waals surface area contributed by atoms with Crippen molar-refractivity contribution in [3.63, 3.8) is 0 Å². The molecule has 4 heteroatoms. The van der Waals surface area contributed by atoms with Gasteiger partial charge in [0.2, 0.25) is 0 Å². The van der Waals surface area contributed by atoms with Gasteiger partial charge in [0.1, 0.15) is 6.61 Å². The maximum Gasteiger partial charge on any atom is 0.404 e. The van der Waals surface area contributed by atoms with Crippen molar-refractivity contribution >= 4 is 6.09 Å². The molecule has 0 atom stereocenters. The molecule has 1 amide bonds. The number of aliphatic hydroxyl groups excluding tert-OH is 1. The van der Waals surface area contributed by atoms with E-state index in [0.29, 0.717) is 0 Å². The van der Waals surface area contributed by atoms with Crippen molar-refractivity contribution in [2.45, 2.75) is 19.3 Å². The SMILES string of the molecule is NC(=O)OC/C=C/CCCCO. The number of carbonyl (C=O) groups is 1. The number of aliphatic hydroxyl groups is 1. The Bertz CT molecular complexity index is 145. The summed E-state index contributed by atoms with van der Waals surface area (Å²) in [5.41, 5.74) is 4.73. The van der Waals surface area contributed by atoms with E-state index in [4.69, 9.17) is 10.8 Å². The second-order valence-electron chi connectivity index (χ2n) is 2.32. The van der Waals surface area contributed by atoms with Gasteiger partial charge in [0.05, 0.1) is 0 Å². The summed E-state index contributed by atoms with van der Waals surface area (Å²) >= 11 is 0. The van der Waals surface area contributed by atoms with E-state index in [9.17, 15) is 4.79 Å². The van der Waals surface area contributed by atoms with Gasteiger partial charge in [-0.2, -0.15) is 0 Å². The summed E-state index contributed by atoms with van der Waals surface area (Å²) in [7, 11) is 0. The minimum Gasteiger partial charge on any atom is -0.445 e. The number of nitrogens with two attached hydrogens (primary N) is 1. The first-order valence-corrected chi connectivity index (χ1v) is 3.95. The van der Waals surface area contributed by atoms with Crippen molar-refractivity contribution in [1.82, 2.24) is 0 Å². The first-order chi connectivity index (χ1) is 5.77. The molecule has 0 spiro atoms. The fourth-order valence-corrected chi connectivity index (χ4v) is 0.690. The van der Waals surface area contributed by atoms with Crippen LogP contribution in [0.2, 0.25) is 0 Å². The Hall–Kier alpha value is -1.03. The van der Waals surface area contributed by atoms with Crippen molar-refractivity contribution in [2.24, 2.45) is 5.73 Å². The van der Waals surface area contributed by atoms with Crippen LogP contribution in [0.3, 0.4) is 0 Å². The third kappa shape index (κ3) is 8.97. The minimum atomic E-state index is -0.755. The quantitative estimate of drug-likeness (QED) is 0.461. The summed E-state index contributed by atoms with van der Waals surface area (Å²) < 4.78 is 4.45. The highest BCUT2D eigenvalue weighted by Crippen LogP contribution is 1.94. The molecule has 0 aliphatic carbocycles. The average molecular weight is 173 g/mol. The van der Waals surface area contributed by atoms with E-state index in [-0.39, 0.29) is 13.2 Å². The highest BCUT2D eigenvalue weighted by Gasteiger charge is 1.87. The number of unbranched alkanes of at least 4 members (excludes halogenated alkanes) is 2. The summed E-state index contributed by atoms with van der Waals surface area (Å²) in [5.74, 6) is 0. The van der Waals surface area contributed by atoms with Crippen LogP contribution in [-0.2, 0) is 4.74 Å². The zero-order chi connectivity index (χ0) is 9.23. The Labute approximate surface area is 72.0 Å². The summed E-state index contributed by atoms with van der Waals surface area (Å²) in [4.78, 5) is 10.1. The first-order valence-electron chi connectivity index (χ1n) is 3.95. The predicted molar refractivity (Wildman–Crippen MR) is 45.6 cm³/mol. The third-order valence-electron chi connectivity index (χ3n) is 1.27. The van der Waals surface area contributed by atoms with Gasteiger partial charge in [-0.05, 0) is 19.3 Å². The number of ether oxygens (including phenoxy) is 1. The van der Waals surface area contributed by atoms with Crippen molar-refractivity contribution in [2.75, 3.05) is 13.2 Å². The molecule has 0 aromatic carbocycles. The van der Waals surface area contributed by atoms with E-state index in [2.05, 4.69) is 4.74 Å². The van der Waals surface area contributed by atoms with Crippen molar-refractivity contribution < 1.29 is 14.6 Å². The van der Waals surface area contributed by atoms with E-state index in [1.807, 2.05) is 6.08 Å². The van der Waals surface area contributed by atoms with E-state index < -0.39 is 6.09 Å². The zero-order valence-corrected chi connectivity index (χ0v) is 7.03. The van der Waals surface area contributed by atoms with Gasteiger partial charge in [-0.15, -0.1) is 0 Å². The standard InChI is InChI=1S/C8H15NO3/c9-8(11)12-7-5-3-1-2-4-6-10/h3,5,10H,1-2,4,6-7H2,(H2,9,11)/b5-3+. The number of carbonyl (C=O) groups excluding carboxylic acids is 1. The molecule has 0 radical (unpaired) electrons. The second kappa shape index (κ2) is 8.07. The van der Waals surface area contributed by atoms with Gasteiger partial charge in [0, 0.05) is 6.61 Å². The molecule has 0 aliphatic heterocycles. The smallest absolute Gasteiger partial charge is 0.404 e. The molecule has 4 nitrogen and oxygen atoms in total. The highest BCUT2D eigenvalue weighted by molar-refractivity contribution is 5.64. The zero-order valence-electron chi connectivity index (χ0n) is 7.03. The largest absolute Gasteiger partial charge is 0.445 e. The van der Waals surface area contributed by atoms with Crippen LogP contribution in [0.15, 0.2) is 12.2 Å². The van der Waals surface area contributed by atoms with Crippen LogP contribution in [0, 0.1) is 0 Å². The van der Waals surface area contributed by atoms with Gasteiger partial charge in [-0.25, -0.2) is 4.79 Å². The Morgan fingerprint density at radius 2 is 2.17 bits per heavy atom. The molecule has 3 N–H and O–H groups in total. The van der Waals surface area contributed by atoms with Crippen LogP contribution in [0.1, 0.15) is 19.3 Å². The fraction of sp³-hybridized carbons (Fsp3) is 0.625. The Morgan fingerprint density at radius 3 is 2.75 bits per heavy atom. The molecule has 0 unspecified atom stereocenters. The molecule has 0 aliphatic rings. The molecular formula is C8H15NO3. The van der Waals surface area contributed by atoms with E-state index in [0.717, 1.165) is 19.3 Å². The number of allylic oxidation sites excluding steroid dienone is 1. The average Bonchev–Trinajstić information content (AvgIpc) is 2.02. The molecule has 0 fully saturated rings. The number of primary amides is 1. The van der Waals surface area contributed by atoms with Crippen molar-refractivity contribution in [3.05, 3.63) is 12.2 Å². The molecule has 70 valence electrons. The Morgan fingerprint density at radius 1 is 1.42 bits per heavy atom. The van der Waals surface area contributed by atoms with Crippen molar-refractivity contribution in [1.29, 1.82) is 0 Å². The van der Waals surface area contributed by atoms with Gasteiger partial charge in [0.25, 0.3) is 0 Å². The van der Waals surface area contributed by atoms with Gasteiger partial charge in [-0.1, -0.05) is 12.2 Å². The maximum absolute atomic E-state index is 10.1. The number of amides is 1. The monoisotopic (exact) mass is 173 g/mol. The molecule has 0 aromatic heterocycles. The van der Waals surface area contributed by atoms with Crippen LogP contribution in [0.25, 0.3) is 0 Å². The summed E-state index contributed by atoms with van der Waals surface area (Å²) in [6, 6.07) is 0. The Balaban J connectivity index is 3.09. The summed E-state index contributed by atoms with van der Waals surface area (Å²) in [6.45, 7) is 0.458. The Kier molecular flexibility index (Phi) is 7.38. The number of rotatable bonds is 6. The summed E-state index contributed by atoms with van der Waals surface area (Å²) in [5, 5.41) is 8.43. The fourth-order valence-electron chi connectivity index (χ4n) is 0.690. The number of hydrogen-bond acceptors (Lipinski definition) is 3. The molecule has 12 heavy (non-hydrogen) atoms. The van der Waals surface area contributed by atoms with Gasteiger partial charge in [-0.3, -0.25) is 0 Å². The predicted octanol–water partition coefficient (Wildman–Crippen LogP) is 0.800. The minimum absolute atomic E-state index is 0.228. The topological polar surface area (TPSA) is 72.6 Å². The molecule has 0 heterocycles.